The fraction of sp³-hybridized carbons (Fsp3) is 0.889. The van der Waals surface area contributed by atoms with Gasteiger partial charge in [-0.3, -0.25) is 4.79 Å². The molecule has 2 aliphatic rings. The van der Waals surface area contributed by atoms with E-state index in [0.29, 0.717) is 6.61 Å². The van der Waals surface area contributed by atoms with Gasteiger partial charge in [0.1, 0.15) is 12.6 Å². The first-order chi connectivity index (χ1) is 5.86. The molecule has 2 fully saturated rings. The Labute approximate surface area is 72.5 Å². The van der Waals surface area contributed by atoms with Crippen LogP contribution in [0.15, 0.2) is 0 Å². The Hall–Kier alpha value is -0.570. The van der Waals surface area contributed by atoms with Crippen molar-refractivity contribution in [3.05, 3.63) is 0 Å². The maximum Gasteiger partial charge on any atom is 0.323 e. The second-order valence-electron chi connectivity index (χ2n) is 3.71. The van der Waals surface area contributed by atoms with E-state index in [2.05, 4.69) is 5.32 Å². The number of morpholine rings is 1. The standard InChI is InChI=1S/C9H15NO2/c11-9-8(10-4-5-12-9)6-7-2-1-3-7/h7-8,10H,1-6H2. The van der Waals surface area contributed by atoms with Crippen LogP contribution in [-0.4, -0.2) is 25.2 Å². The molecule has 0 aromatic rings. The lowest BCUT2D eigenvalue weighted by Gasteiger charge is -2.30. The highest BCUT2D eigenvalue weighted by atomic mass is 16.5. The van der Waals surface area contributed by atoms with E-state index >= 15 is 0 Å². The molecular formula is C9H15NO2. The van der Waals surface area contributed by atoms with Crippen LogP contribution in [0, 0.1) is 5.92 Å². The third-order valence-electron chi connectivity index (χ3n) is 2.82. The van der Waals surface area contributed by atoms with Crippen LogP contribution in [0.1, 0.15) is 25.7 Å². The summed E-state index contributed by atoms with van der Waals surface area (Å²) >= 11 is 0. The largest absolute Gasteiger partial charge is 0.463 e. The number of cyclic esters (lactones) is 1. The third kappa shape index (κ3) is 1.61. The number of nitrogens with one attached hydrogen (secondary N) is 1. The minimum atomic E-state index is -0.0480. The highest BCUT2D eigenvalue weighted by Gasteiger charge is 2.28. The van der Waals surface area contributed by atoms with Gasteiger partial charge in [-0.2, -0.15) is 0 Å². The van der Waals surface area contributed by atoms with E-state index in [0.717, 1.165) is 18.9 Å². The predicted molar refractivity (Wildman–Crippen MR) is 44.7 cm³/mol. The lowest BCUT2D eigenvalue weighted by Crippen LogP contribution is -2.46. The summed E-state index contributed by atoms with van der Waals surface area (Å²) < 4.78 is 4.96. The Morgan fingerprint density at radius 1 is 1.50 bits per heavy atom. The lowest BCUT2D eigenvalue weighted by molar-refractivity contribution is -0.150. The first kappa shape index (κ1) is 8.05. The highest BCUT2D eigenvalue weighted by Crippen LogP contribution is 2.30. The number of hydrogen-bond donors (Lipinski definition) is 1. The van der Waals surface area contributed by atoms with Gasteiger partial charge in [0, 0.05) is 6.54 Å². The SMILES string of the molecule is O=C1OCCNC1CC1CCC1. The van der Waals surface area contributed by atoms with Crippen molar-refractivity contribution < 1.29 is 9.53 Å². The van der Waals surface area contributed by atoms with Crippen molar-refractivity contribution in [2.75, 3.05) is 13.2 Å². The molecule has 0 spiro atoms. The monoisotopic (exact) mass is 169 g/mol. The quantitative estimate of drug-likeness (QED) is 0.618. The Morgan fingerprint density at radius 3 is 2.92 bits per heavy atom. The molecule has 1 saturated carbocycles. The zero-order valence-electron chi connectivity index (χ0n) is 7.21. The van der Waals surface area contributed by atoms with Gasteiger partial charge < -0.3 is 10.1 Å². The first-order valence-electron chi connectivity index (χ1n) is 4.76. The van der Waals surface area contributed by atoms with Crippen molar-refractivity contribution in [1.82, 2.24) is 5.32 Å². The zero-order valence-corrected chi connectivity index (χ0v) is 7.21. The second-order valence-corrected chi connectivity index (χ2v) is 3.71. The average molecular weight is 169 g/mol. The van der Waals surface area contributed by atoms with Crippen molar-refractivity contribution in [3.63, 3.8) is 0 Å². The molecule has 3 heteroatoms. The van der Waals surface area contributed by atoms with Crippen LogP contribution < -0.4 is 5.32 Å². The van der Waals surface area contributed by atoms with Crippen LogP contribution in [-0.2, 0) is 9.53 Å². The van der Waals surface area contributed by atoms with Crippen LogP contribution in [0.5, 0.6) is 0 Å². The summed E-state index contributed by atoms with van der Waals surface area (Å²) in [5, 5.41) is 3.19. The van der Waals surface area contributed by atoms with E-state index in [9.17, 15) is 4.79 Å². The average Bonchev–Trinajstić information content (AvgIpc) is 2.00. The molecule has 3 nitrogen and oxygen atoms in total. The molecule has 0 aromatic carbocycles. The molecule has 1 heterocycles. The number of carbonyl (C=O) groups excluding carboxylic acids is 1. The number of carbonyl (C=O) groups is 1. The normalized spacial score (nSPS) is 31.0. The summed E-state index contributed by atoms with van der Waals surface area (Å²) in [5.74, 6) is 0.723. The van der Waals surface area contributed by atoms with Gasteiger partial charge in [-0.05, 0) is 12.3 Å². The molecule has 0 radical (unpaired) electrons. The molecule has 0 bridgehead atoms. The van der Waals surface area contributed by atoms with Gasteiger partial charge in [-0.15, -0.1) is 0 Å². The Bertz CT molecular complexity index is 177. The summed E-state index contributed by atoms with van der Waals surface area (Å²) in [6, 6.07) is -0.0101. The highest BCUT2D eigenvalue weighted by molar-refractivity contribution is 5.76. The minimum Gasteiger partial charge on any atom is -0.463 e. The van der Waals surface area contributed by atoms with Crippen LogP contribution in [0.3, 0.4) is 0 Å². The molecule has 2 rings (SSSR count). The van der Waals surface area contributed by atoms with E-state index < -0.39 is 0 Å². The molecule has 1 aliphatic carbocycles. The molecule has 68 valence electrons. The third-order valence-corrected chi connectivity index (χ3v) is 2.82. The number of rotatable bonds is 2. The van der Waals surface area contributed by atoms with Gasteiger partial charge in [-0.25, -0.2) is 0 Å². The molecule has 1 N–H and O–H groups in total. The summed E-state index contributed by atoms with van der Waals surface area (Å²) in [5.41, 5.74) is 0. The number of ether oxygens (including phenoxy) is 1. The van der Waals surface area contributed by atoms with E-state index in [1.54, 1.807) is 0 Å². The molecule has 1 unspecified atom stereocenters. The zero-order chi connectivity index (χ0) is 8.39. The number of hydrogen-bond acceptors (Lipinski definition) is 3. The van der Waals surface area contributed by atoms with Crippen molar-refractivity contribution in [2.45, 2.75) is 31.7 Å². The van der Waals surface area contributed by atoms with E-state index in [1.165, 1.54) is 19.3 Å². The fourth-order valence-corrected chi connectivity index (χ4v) is 1.81. The van der Waals surface area contributed by atoms with Gasteiger partial charge in [-0.1, -0.05) is 19.3 Å². The summed E-state index contributed by atoms with van der Waals surface area (Å²) in [6.45, 7) is 1.36. The molecule has 1 atom stereocenters. The maximum absolute atomic E-state index is 11.2. The summed E-state index contributed by atoms with van der Waals surface area (Å²) in [7, 11) is 0. The van der Waals surface area contributed by atoms with E-state index in [1.807, 2.05) is 0 Å². The molecule has 0 amide bonds. The van der Waals surface area contributed by atoms with Gasteiger partial charge >= 0.3 is 5.97 Å². The predicted octanol–water partition coefficient (Wildman–Crippen LogP) is 0.692. The number of esters is 1. The van der Waals surface area contributed by atoms with Crippen LogP contribution in [0.2, 0.25) is 0 Å². The summed E-state index contributed by atoms with van der Waals surface area (Å²) in [6.07, 6.45) is 4.92. The minimum absolute atomic E-state index is 0.0101. The summed E-state index contributed by atoms with van der Waals surface area (Å²) in [4.78, 5) is 11.2. The van der Waals surface area contributed by atoms with Gasteiger partial charge in [0.15, 0.2) is 0 Å². The van der Waals surface area contributed by atoms with Gasteiger partial charge in [0.05, 0.1) is 0 Å². The lowest BCUT2D eigenvalue weighted by atomic mass is 9.81. The van der Waals surface area contributed by atoms with E-state index in [4.69, 9.17) is 4.74 Å². The Morgan fingerprint density at radius 2 is 2.33 bits per heavy atom. The molecule has 0 aromatic heterocycles. The molecule has 12 heavy (non-hydrogen) atoms. The van der Waals surface area contributed by atoms with Gasteiger partial charge in [0.2, 0.25) is 0 Å². The second kappa shape index (κ2) is 3.44. The van der Waals surface area contributed by atoms with E-state index in [-0.39, 0.29) is 12.0 Å². The topological polar surface area (TPSA) is 38.3 Å². The van der Waals surface area contributed by atoms with Crippen LogP contribution in [0.25, 0.3) is 0 Å². The van der Waals surface area contributed by atoms with Crippen molar-refractivity contribution in [1.29, 1.82) is 0 Å². The van der Waals surface area contributed by atoms with Crippen molar-refractivity contribution >= 4 is 5.97 Å². The van der Waals surface area contributed by atoms with Crippen LogP contribution in [0.4, 0.5) is 0 Å². The van der Waals surface area contributed by atoms with Crippen molar-refractivity contribution in [3.8, 4) is 0 Å². The molecular weight excluding hydrogens is 154 g/mol. The first-order valence-corrected chi connectivity index (χ1v) is 4.76. The maximum atomic E-state index is 11.2. The van der Waals surface area contributed by atoms with Crippen LogP contribution >= 0.6 is 0 Å². The fourth-order valence-electron chi connectivity index (χ4n) is 1.81. The Kier molecular flexibility index (Phi) is 2.30. The smallest absolute Gasteiger partial charge is 0.323 e. The molecule has 1 saturated heterocycles. The van der Waals surface area contributed by atoms with Crippen molar-refractivity contribution in [2.24, 2.45) is 5.92 Å². The molecule has 1 aliphatic heterocycles. The van der Waals surface area contributed by atoms with Gasteiger partial charge in [0.25, 0.3) is 0 Å². The Balaban J connectivity index is 1.80.